The molecule has 0 saturated heterocycles. The summed E-state index contributed by atoms with van der Waals surface area (Å²) < 4.78 is 0. The van der Waals surface area contributed by atoms with Gasteiger partial charge in [0.15, 0.2) is 0 Å². The van der Waals surface area contributed by atoms with E-state index in [0.717, 1.165) is 0 Å². The van der Waals surface area contributed by atoms with Crippen molar-refractivity contribution < 1.29 is 9.90 Å². The topological polar surface area (TPSA) is 49.3 Å². The molecule has 1 unspecified atom stereocenters. The molecule has 0 fully saturated rings. The van der Waals surface area contributed by atoms with Crippen molar-refractivity contribution in [3.05, 3.63) is 34.3 Å². The second-order valence-corrected chi connectivity index (χ2v) is 3.39. The Bertz CT molecular complexity index is 365. The minimum Gasteiger partial charge on any atom is -0.387 e. The molecule has 13 heavy (non-hydrogen) atoms. The molecule has 1 aliphatic heterocycles. The number of hydrogen-bond acceptors (Lipinski definition) is 2. The third kappa shape index (κ3) is 1.41. The minimum atomic E-state index is -0.647. The van der Waals surface area contributed by atoms with Gasteiger partial charge in [0.05, 0.1) is 6.10 Å². The number of aliphatic hydroxyl groups is 1. The largest absolute Gasteiger partial charge is 0.387 e. The molecule has 68 valence electrons. The minimum absolute atomic E-state index is 0.156. The third-order valence-electron chi connectivity index (χ3n) is 2.07. The van der Waals surface area contributed by atoms with Gasteiger partial charge in [0, 0.05) is 17.1 Å². The van der Waals surface area contributed by atoms with Crippen LogP contribution in [-0.2, 0) is 0 Å². The van der Waals surface area contributed by atoms with Crippen LogP contribution in [0.5, 0.6) is 0 Å². The molecule has 0 spiro atoms. The lowest BCUT2D eigenvalue weighted by Crippen LogP contribution is -2.34. The van der Waals surface area contributed by atoms with E-state index in [1.807, 2.05) is 0 Å². The van der Waals surface area contributed by atoms with E-state index >= 15 is 0 Å². The molecular formula is C9H8ClNO2. The van der Waals surface area contributed by atoms with Gasteiger partial charge in [0.25, 0.3) is 5.91 Å². The predicted molar refractivity (Wildman–Crippen MR) is 48.7 cm³/mol. The molecule has 1 atom stereocenters. The molecule has 3 nitrogen and oxygen atoms in total. The van der Waals surface area contributed by atoms with Crippen LogP contribution in [0.4, 0.5) is 0 Å². The first kappa shape index (κ1) is 8.53. The summed E-state index contributed by atoms with van der Waals surface area (Å²) in [6, 6.07) is 4.88. The zero-order chi connectivity index (χ0) is 9.42. The first-order chi connectivity index (χ1) is 6.18. The van der Waals surface area contributed by atoms with Crippen molar-refractivity contribution in [2.75, 3.05) is 6.54 Å². The maximum atomic E-state index is 11.3. The van der Waals surface area contributed by atoms with Crippen LogP contribution in [0.3, 0.4) is 0 Å². The Kier molecular flexibility index (Phi) is 1.98. The molecular weight excluding hydrogens is 190 g/mol. The van der Waals surface area contributed by atoms with Gasteiger partial charge < -0.3 is 10.4 Å². The summed E-state index contributed by atoms with van der Waals surface area (Å²) in [5, 5.41) is 12.6. The normalized spacial score (nSPS) is 20.8. The summed E-state index contributed by atoms with van der Waals surface area (Å²) in [5.74, 6) is -0.156. The highest BCUT2D eigenvalue weighted by Gasteiger charge is 2.23. The Morgan fingerprint density at radius 3 is 3.08 bits per heavy atom. The molecule has 2 rings (SSSR count). The molecule has 0 aromatic heterocycles. The van der Waals surface area contributed by atoms with Gasteiger partial charge >= 0.3 is 0 Å². The molecule has 0 saturated carbocycles. The Labute approximate surface area is 80.3 Å². The summed E-state index contributed by atoms with van der Waals surface area (Å²) in [6.45, 7) is 0.256. The lowest BCUT2D eigenvalue weighted by Gasteiger charge is -2.21. The predicted octanol–water partition coefficient (Wildman–Crippen LogP) is 1.12. The molecule has 2 N–H and O–H groups in total. The summed E-state index contributed by atoms with van der Waals surface area (Å²) in [4.78, 5) is 11.3. The SMILES string of the molecule is O=C1NCC(O)c2cc(Cl)ccc21. The highest BCUT2D eigenvalue weighted by atomic mass is 35.5. The highest BCUT2D eigenvalue weighted by Crippen LogP contribution is 2.24. The van der Waals surface area contributed by atoms with Gasteiger partial charge in [-0.3, -0.25) is 4.79 Å². The van der Waals surface area contributed by atoms with E-state index in [1.54, 1.807) is 18.2 Å². The second kappa shape index (κ2) is 3.01. The van der Waals surface area contributed by atoms with Crippen LogP contribution in [0.2, 0.25) is 5.02 Å². The Morgan fingerprint density at radius 2 is 2.31 bits per heavy atom. The van der Waals surface area contributed by atoms with Gasteiger partial charge in [-0.05, 0) is 23.8 Å². The van der Waals surface area contributed by atoms with Crippen molar-refractivity contribution in [2.24, 2.45) is 0 Å². The van der Waals surface area contributed by atoms with Crippen molar-refractivity contribution in [2.45, 2.75) is 6.10 Å². The van der Waals surface area contributed by atoms with Gasteiger partial charge in [0.1, 0.15) is 0 Å². The maximum Gasteiger partial charge on any atom is 0.251 e. The number of benzene rings is 1. The zero-order valence-corrected chi connectivity index (χ0v) is 7.51. The number of β-amino-alcohol motifs (C(OH)–C–C–N with tert-alkyl or cyclic N) is 1. The van der Waals surface area contributed by atoms with Crippen LogP contribution in [0.15, 0.2) is 18.2 Å². The molecule has 1 aromatic rings. The summed E-state index contributed by atoms with van der Waals surface area (Å²) in [5.41, 5.74) is 1.11. The average molecular weight is 198 g/mol. The number of amides is 1. The Hall–Kier alpha value is -1.06. The standard InChI is InChI=1S/C9H8ClNO2/c10-5-1-2-6-7(3-5)8(12)4-11-9(6)13/h1-3,8,12H,4H2,(H,11,13). The Morgan fingerprint density at radius 1 is 1.54 bits per heavy atom. The molecule has 1 aliphatic rings. The number of rotatable bonds is 0. The van der Waals surface area contributed by atoms with Crippen LogP contribution in [-0.4, -0.2) is 17.6 Å². The van der Waals surface area contributed by atoms with E-state index in [-0.39, 0.29) is 12.5 Å². The van der Waals surface area contributed by atoms with Crippen molar-refractivity contribution in [1.29, 1.82) is 0 Å². The monoisotopic (exact) mass is 197 g/mol. The molecule has 1 heterocycles. The number of fused-ring (bicyclic) bond motifs is 1. The van der Waals surface area contributed by atoms with Crippen LogP contribution < -0.4 is 5.32 Å². The van der Waals surface area contributed by atoms with E-state index in [2.05, 4.69) is 5.32 Å². The van der Waals surface area contributed by atoms with E-state index in [4.69, 9.17) is 11.6 Å². The molecule has 0 bridgehead atoms. The molecule has 0 aliphatic carbocycles. The summed E-state index contributed by atoms with van der Waals surface area (Å²) in [7, 11) is 0. The number of carbonyl (C=O) groups excluding carboxylic acids is 1. The molecule has 0 radical (unpaired) electrons. The lowest BCUT2D eigenvalue weighted by molar-refractivity contribution is 0.0876. The number of halogens is 1. The van der Waals surface area contributed by atoms with E-state index in [1.165, 1.54) is 0 Å². The Balaban J connectivity index is 2.57. The van der Waals surface area contributed by atoms with Crippen molar-refractivity contribution in [3.63, 3.8) is 0 Å². The fourth-order valence-electron chi connectivity index (χ4n) is 1.41. The average Bonchev–Trinajstić information content (AvgIpc) is 2.12. The maximum absolute atomic E-state index is 11.3. The number of nitrogens with one attached hydrogen (secondary N) is 1. The lowest BCUT2D eigenvalue weighted by atomic mass is 9.98. The highest BCUT2D eigenvalue weighted by molar-refractivity contribution is 6.30. The van der Waals surface area contributed by atoms with Crippen LogP contribution in [0.1, 0.15) is 22.0 Å². The molecule has 1 aromatic carbocycles. The van der Waals surface area contributed by atoms with Gasteiger partial charge in [-0.25, -0.2) is 0 Å². The van der Waals surface area contributed by atoms with Gasteiger partial charge in [0.2, 0.25) is 0 Å². The van der Waals surface area contributed by atoms with Crippen molar-refractivity contribution in [1.82, 2.24) is 5.32 Å². The number of hydrogen-bond donors (Lipinski definition) is 2. The number of carbonyl (C=O) groups is 1. The quantitative estimate of drug-likeness (QED) is 0.655. The second-order valence-electron chi connectivity index (χ2n) is 2.96. The van der Waals surface area contributed by atoms with Gasteiger partial charge in [-0.1, -0.05) is 11.6 Å². The van der Waals surface area contributed by atoms with E-state index in [0.29, 0.717) is 16.1 Å². The molecule has 1 amide bonds. The first-order valence-corrected chi connectivity index (χ1v) is 4.32. The smallest absolute Gasteiger partial charge is 0.251 e. The zero-order valence-electron chi connectivity index (χ0n) is 6.75. The fraction of sp³-hybridized carbons (Fsp3) is 0.222. The van der Waals surface area contributed by atoms with Gasteiger partial charge in [-0.2, -0.15) is 0 Å². The number of aliphatic hydroxyl groups excluding tert-OH is 1. The van der Waals surface area contributed by atoms with E-state index in [9.17, 15) is 9.90 Å². The van der Waals surface area contributed by atoms with Crippen LogP contribution >= 0.6 is 11.6 Å². The van der Waals surface area contributed by atoms with Crippen molar-refractivity contribution in [3.8, 4) is 0 Å². The first-order valence-electron chi connectivity index (χ1n) is 3.94. The fourth-order valence-corrected chi connectivity index (χ4v) is 1.59. The summed E-state index contributed by atoms with van der Waals surface area (Å²) >= 11 is 5.75. The van der Waals surface area contributed by atoms with Crippen LogP contribution in [0.25, 0.3) is 0 Å². The summed E-state index contributed by atoms with van der Waals surface area (Å²) in [6.07, 6.45) is -0.647. The van der Waals surface area contributed by atoms with E-state index < -0.39 is 6.10 Å². The van der Waals surface area contributed by atoms with Crippen LogP contribution in [0, 0.1) is 0 Å². The van der Waals surface area contributed by atoms with Crippen molar-refractivity contribution >= 4 is 17.5 Å². The van der Waals surface area contributed by atoms with Gasteiger partial charge in [-0.15, -0.1) is 0 Å². The molecule has 4 heteroatoms. The third-order valence-corrected chi connectivity index (χ3v) is 2.31.